The van der Waals surface area contributed by atoms with E-state index in [1.165, 1.54) is 19.2 Å². The molecule has 1 aliphatic carbocycles. The second-order valence-electron chi connectivity index (χ2n) is 5.37. The van der Waals surface area contributed by atoms with Crippen molar-refractivity contribution < 1.29 is 18.3 Å². The molecule has 0 heterocycles. The van der Waals surface area contributed by atoms with E-state index in [1.807, 2.05) is 0 Å². The summed E-state index contributed by atoms with van der Waals surface area (Å²) in [5.41, 5.74) is 6.04. The van der Waals surface area contributed by atoms with Crippen molar-refractivity contribution >= 4 is 15.7 Å². The highest BCUT2D eigenvalue weighted by molar-refractivity contribution is 7.89. The Kier molecular flexibility index (Phi) is 5.08. The number of aliphatic hydroxyl groups is 1. The number of nitrogens with two attached hydrogens (primary N) is 1. The van der Waals surface area contributed by atoms with Crippen molar-refractivity contribution in [2.24, 2.45) is 5.92 Å². The van der Waals surface area contributed by atoms with Gasteiger partial charge in [-0.15, -0.1) is 0 Å². The van der Waals surface area contributed by atoms with Crippen molar-refractivity contribution in [3.8, 4) is 5.75 Å². The molecule has 1 saturated carbocycles. The largest absolute Gasteiger partial charge is 0.495 e. The monoisotopic (exact) mass is 314 g/mol. The standard InChI is InChI=1S/C14H22N2O4S/c1-20-13-7-6-11(15)8-14(13)21(18,19)16-12-5-3-2-4-10(12)9-17/h6-8,10,12,16-17H,2-5,9,15H2,1H3. The Morgan fingerprint density at radius 2 is 2.10 bits per heavy atom. The van der Waals surface area contributed by atoms with E-state index in [0.717, 1.165) is 25.7 Å². The van der Waals surface area contributed by atoms with Crippen LogP contribution in [0.4, 0.5) is 5.69 Å². The molecule has 21 heavy (non-hydrogen) atoms. The summed E-state index contributed by atoms with van der Waals surface area (Å²) in [6.07, 6.45) is 3.54. The van der Waals surface area contributed by atoms with E-state index in [2.05, 4.69) is 4.72 Å². The molecule has 1 aromatic carbocycles. The third kappa shape index (κ3) is 3.66. The summed E-state index contributed by atoms with van der Waals surface area (Å²) in [7, 11) is -2.32. The summed E-state index contributed by atoms with van der Waals surface area (Å²) in [6.45, 7) is -0.0126. The fourth-order valence-corrected chi connectivity index (χ4v) is 4.29. The van der Waals surface area contributed by atoms with Crippen LogP contribution >= 0.6 is 0 Å². The minimum absolute atomic E-state index is 0.0126. The Balaban J connectivity index is 2.27. The lowest BCUT2D eigenvalue weighted by atomic mass is 9.86. The maximum Gasteiger partial charge on any atom is 0.244 e. The summed E-state index contributed by atoms with van der Waals surface area (Å²) >= 11 is 0. The molecule has 0 amide bonds. The van der Waals surface area contributed by atoms with E-state index in [1.54, 1.807) is 6.07 Å². The van der Waals surface area contributed by atoms with Crippen molar-refractivity contribution in [3.05, 3.63) is 18.2 Å². The molecule has 6 nitrogen and oxygen atoms in total. The van der Waals surface area contributed by atoms with E-state index >= 15 is 0 Å². The number of anilines is 1. The van der Waals surface area contributed by atoms with Gasteiger partial charge in [0.05, 0.1) is 7.11 Å². The van der Waals surface area contributed by atoms with E-state index in [-0.39, 0.29) is 29.2 Å². The van der Waals surface area contributed by atoms with Crippen molar-refractivity contribution in [2.75, 3.05) is 19.5 Å². The smallest absolute Gasteiger partial charge is 0.244 e. The molecule has 4 N–H and O–H groups in total. The molecule has 2 rings (SSSR count). The average Bonchev–Trinajstić information content (AvgIpc) is 2.47. The fraction of sp³-hybridized carbons (Fsp3) is 0.571. The van der Waals surface area contributed by atoms with Crippen LogP contribution in [-0.2, 0) is 10.0 Å². The lowest BCUT2D eigenvalue weighted by Crippen LogP contribution is -2.43. The molecule has 0 bridgehead atoms. The third-order valence-electron chi connectivity index (χ3n) is 3.93. The predicted octanol–water partition coefficient (Wildman–Crippen LogP) is 1.11. The first-order valence-electron chi connectivity index (χ1n) is 7.04. The highest BCUT2D eigenvalue weighted by Gasteiger charge is 2.30. The second kappa shape index (κ2) is 6.64. The molecule has 1 fully saturated rings. The quantitative estimate of drug-likeness (QED) is 0.707. The third-order valence-corrected chi connectivity index (χ3v) is 5.44. The van der Waals surface area contributed by atoms with Crippen molar-refractivity contribution in [3.63, 3.8) is 0 Å². The zero-order valence-electron chi connectivity index (χ0n) is 12.1. The van der Waals surface area contributed by atoms with Gasteiger partial charge < -0.3 is 15.6 Å². The highest BCUT2D eigenvalue weighted by Crippen LogP contribution is 2.29. The van der Waals surface area contributed by atoms with Crippen LogP contribution in [0.3, 0.4) is 0 Å². The number of ether oxygens (including phenoxy) is 1. The van der Waals surface area contributed by atoms with Gasteiger partial charge in [0, 0.05) is 18.3 Å². The van der Waals surface area contributed by atoms with Crippen LogP contribution < -0.4 is 15.2 Å². The SMILES string of the molecule is COc1ccc(N)cc1S(=O)(=O)NC1CCCCC1CO. The van der Waals surface area contributed by atoms with E-state index < -0.39 is 10.0 Å². The predicted molar refractivity (Wildman–Crippen MR) is 80.6 cm³/mol. The fourth-order valence-electron chi connectivity index (χ4n) is 2.75. The van der Waals surface area contributed by atoms with Crippen LogP contribution in [0.15, 0.2) is 23.1 Å². The Hall–Kier alpha value is -1.31. The van der Waals surface area contributed by atoms with Crippen LogP contribution in [0.5, 0.6) is 5.75 Å². The van der Waals surface area contributed by atoms with Crippen molar-refractivity contribution in [1.29, 1.82) is 0 Å². The topological polar surface area (TPSA) is 102 Å². The van der Waals surface area contributed by atoms with Crippen LogP contribution in [0.1, 0.15) is 25.7 Å². The lowest BCUT2D eigenvalue weighted by Gasteiger charge is -2.30. The maximum absolute atomic E-state index is 12.6. The summed E-state index contributed by atoms with van der Waals surface area (Å²) < 4.78 is 32.9. The zero-order chi connectivity index (χ0) is 15.5. The lowest BCUT2D eigenvalue weighted by molar-refractivity contribution is 0.164. The van der Waals surface area contributed by atoms with Gasteiger partial charge in [-0.25, -0.2) is 13.1 Å². The van der Waals surface area contributed by atoms with Gasteiger partial charge in [0.2, 0.25) is 10.0 Å². The number of nitrogen functional groups attached to an aromatic ring is 1. The Morgan fingerprint density at radius 1 is 1.38 bits per heavy atom. The first-order chi connectivity index (χ1) is 9.97. The number of sulfonamides is 1. The van der Waals surface area contributed by atoms with Gasteiger partial charge >= 0.3 is 0 Å². The van der Waals surface area contributed by atoms with Gasteiger partial charge in [-0.05, 0) is 37.0 Å². The minimum Gasteiger partial charge on any atom is -0.495 e. The van der Waals surface area contributed by atoms with E-state index in [9.17, 15) is 13.5 Å². The van der Waals surface area contributed by atoms with Gasteiger partial charge in [0.25, 0.3) is 0 Å². The van der Waals surface area contributed by atoms with Crippen molar-refractivity contribution in [2.45, 2.75) is 36.6 Å². The van der Waals surface area contributed by atoms with Crippen LogP contribution in [0.2, 0.25) is 0 Å². The van der Waals surface area contributed by atoms with Gasteiger partial charge in [-0.3, -0.25) is 0 Å². The second-order valence-corrected chi connectivity index (χ2v) is 7.05. The maximum atomic E-state index is 12.6. The molecule has 2 atom stereocenters. The van der Waals surface area contributed by atoms with Gasteiger partial charge in [0.1, 0.15) is 10.6 Å². The number of hydrogen-bond acceptors (Lipinski definition) is 5. The molecule has 0 aromatic heterocycles. The van der Waals surface area contributed by atoms with Crippen LogP contribution in [-0.4, -0.2) is 33.3 Å². The van der Waals surface area contributed by atoms with E-state index in [0.29, 0.717) is 5.69 Å². The van der Waals surface area contributed by atoms with Crippen molar-refractivity contribution in [1.82, 2.24) is 4.72 Å². The molecule has 1 aromatic rings. The van der Waals surface area contributed by atoms with Gasteiger partial charge in [-0.2, -0.15) is 0 Å². The number of aliphatic hydroxyl groups excluding tert-OH is 1. The molecule has 0 spiro atoms. The molecular formula is C14H22N2O4S. The number of hydrogen-bond donors (Lipinski definition) is 3. The zero-order valence-corrected chi connectivity index (χ0v) is 12.9. The van der Waals surface area contributed by atoms with Gasteiger partial charge in [-0.1, -0.05) is 12.8 Å². The Morgan fingerprint density at radius 3 is 2.76 bits per heavy atom. The highest BCUT2D eigenvalue weighted by atomic mass is 32.2. The molecule has 0 saturated heterocycles. The molecule has 0 aliphatic heterocycles. The summed E-state index contributed by atoms with van der Waals surface area (Å²) in [4.78, 5) is 0.0345. The normalized spacial score (nSPS) is 23.0. The molecule has 0 radical (unpaired) electrons. The molecule has 7 heteroatoms. The number of rotatable bonds is 5. The molecule has 1 aliphatic rings. The summed E-state index contributed by atoms with van der Waals surface area (Å²) in [6, 6.07) is 4.27. The molecule has 118 valence electrons. The first-order valence-corrected chi connectivity index (χ1v) is 8.53. The Labute approximate surface area is 125 Å². The number of methoxy groups -OCH3 is 1. The van der Waals surface area contributed by atoms with Crippen LogP contribution in [0.25, 0.3) is 0 Å². The summed E-state index contributed by atoms with van der Waals surface area (Å²) in [5, 5.41) is 9.39. The van der Waals surface area contributed by atoms with Crippen LogP contribution in [0, 0.1) is 5.92 Å². The first kappa shape index (κ1) is 16.1. The number of benzene rings is 1. The van der Waals surface area contributed by atoms with Gasteiger partial charge in [0.15, 0.2) is 0 Å². The molecular weight excluding hydrogens is 292 g/mol. The van der Waals surface area contributed by atoms with E-state index in [4.69, 9.17) is 10.5 Å². The minimum atomic E-state index is -3.73. The number of nitrogens with one attached hydrogen (secondary N) is 1. The summed E-state index contributed by atoms with van der Waals surface area (Å²) in [5.74, 6) is 0.216. The Bertz CT molecular complexity index is 589. The molecule has 2 unspecified atom stereocenters. The average molecular weight is 314 g/mol.